The van der Waals surface area contributed by atoms with Gasteiger partial charge in [0.25, 0.3) is 0 Å². The van der Waals surface area contributed by atoms with Gasteiger partial charge >= 0.3 is 0 Å². The molecule has 1 aromatic heterocycles. The third kappa shape index (κ3) is 2.42. The number of nitrogens with one attached hydrogen (secondary N) is 1. The first-order chi connectivity index (χ1) is 8.93. The lowest BCUT2D eigenvalue weighted by Gasteiger charge is -2.14. The first kappa shape index (κ1) is 11.4. The molecule has 94 valence electrons. The molecule has 2 heterocycles. The normalized spacial score (nSPS) is 20.6. The highest BCUT2D eigenvalue weighted by atomic mass is 16.5. The van der Waals surface area contributed by atoms with Crippen molar-refractivity contribution < 1.29 is 9.26 Å². The maximum atomic E-state index is 5.56. The van der Waals surface area contributed by atoms with Gasteiger partial charge in [0.15, 0.2) is 0 Å². The number of benzene rings is 1. The van der Waals surface area contributed by atoms with E-state index in [0.29, 0.717) is 11.7 Å². The molecule has 1 aliphatic heterocycles. The van der Waals surface area contributed by atoms with Crippen LogP contribution in [0.5, 0.6) is 0 Å². The van der Waals surface area contributed by atoms with Gasteiger partial charge in [-0.05, 0) is 5.56 Å². The number of rotatable bonds is 2. The molecule has 18 heavy (non-hydrogen) atoms. The molecular weight excluding hydrogens is 230 g/mol. The fraction of sp³-hybridized carbons (Fsp3) is 0.385. The van der Waals surface area contributed by atoms with E-state index in [2.05, 4.69) is 27.6 Å². The number of ether oxygens (including phenoxy) is 1. The van der Waals surface area contributed by atoms with Gasteiger partial charge in [-0.15, -0.1) is 0 Å². The topological polar surface area (TPSA) is 60.2 Å². The summed E-state index contributed by atoms with van der Waals surface area (Å²) in [5, 5.41) is 7.19. The van der Waals surface area contributed by atoms with Gasteiger partial charge in [0.05, 0.1) is 13.2 Å². The minimum absolute atomic E-state index is 0.409. The van der Waals surface area contributed by atoms with E-state index in [1.165, 1.54) is 12.0 Å². The van der Waals surface area contributed by atoms with E-state index in [1.807, 2.05) is 12.1 Å². The molecule has 0 aliphatic carbocycles. The zero-order chi connectivity index (χ0) is 12.2. The Morgan fingerprint density at radius 2 is 2.11 bits per heavy atom. The Kier molecular flexibility index (Phi) is 3.34. The molecule has 1 aliphatic rings. The first-order valence-corrected chi connectivity index (χ1v) is 6.08. The Labute approximate surface area is 105 Å². The molecule has 0 saturated carbocycles. The van der Waals surface area contributed by atoms with Crippen LogP contribution in [0.25, 0.3) is 11.4 Å². The van der Waals surface area contributed by atoms with Gasteiger partial charge in [-0.3, -0.25) is 0 Å². The van der Waals surface area contributed by atoms with Crippen molar-refractivity contribution in [2.45, 2.75) is 5.92 Å². The van der Waals surface area contributed by atoms with Crippen LogP contribution in [0, 0.1) is 0 Å². The fourth-order valence-electron chi connectivity index (χ4n) is 2.12. The van der Waals surface area contributed by atoms with Gasteiger partial charge in [0.1, 0.15) is 0 Å². The highest BCUT2D eigenvalue weighted by Gasteiger charge is 2.14. The van der Waals surface area contributed by atoms with Crippen LogP contribution in [0.4, 0.5) is 0 Å². The molecule has 2 aromatic rings. The molecule has 1 saturated heterocycles. The first-order valence-electron chi connectivity index (χ1n) is 6.08. The van der Waals surface area contributed by atoms with Crippen molar-refractivity contribution in [2.24, 2.45) is 0 Å². The lowest BCUT2D eigenvalue weighted by Crippen LogP contribution is -2.21. The second kappa shape index (κ2) is 5.29. The van der Waals surface area contributed by atoms with E-state index in [4.69, 9.17) is 9.26 Å². The molecule has 5 nitrogen and oxygen atoms in total. The predicted octanol–water partition coefficient (Wildman–Crippen LogP) is 1.44. The molecule has 0 bridgehead atoms. The minimum Gasteiger partial charge on any atom is -0.379 e. The average Bonchev–Trinajstić information content (AvgIpc) is 2.82. The number of hydrogen-bond acceptors (Lipinski definition) is 5. The summed E-state index contributed by atoms with van der Waals surface area (Å²) in [4.78, 5) is 4.03. The summed E-state index contributed by atoms with van der Waals surface area (Å²) in [5.74, 6) is 1.03. The standard InChI is InChI=1S/C13H15N3O2/c1-3-11(13-15-9-18-16-13)4-2-10(1)12-7-14-5-6-17-8-12/h1-4,9,12,14H,5-8H2. The Hall–Kier alpha value is -1.72. The quantitative estimate of drug-likeness (QED) is 0.867. The van der Waals surface area contributed by atoms with Crippen molar-refractivity contribution in [2.75, 3.05) is 26.3 Å². The van der Waals surface area contributed by atoms with Crippen molar-refractivity contribution in [3.63, 3.8) is 0 Å². The summed E-state index contributed by atoms with van der Waals surface area (Å²) in [6, 6.07) is 8.25. The third-order valence-electron chi connectivity index (χ3n) is 3.13. The van der Waals surface area contributed by atoms with Crippen molar-refractivity contribution in [3.8, 4) is 11.4 Å². The summed E-state index contributed by atoms with van der Waals surface area (Å²) in [6.45, 7) is 3.45. The lowest BCUT2D eigenvalue weighted by molar-refractivity contribution is 0.141. The SMILES string of the molecule is c1nc(-c2ccc(C3CNCCOC3)cc2)no1. The smallest absolute Gasteiger partial charge is 0.214 e. The highest BCUT2D eigenvalue weighted by Crippen LogP contribution is 2.21. The molecule has 1 atom stereocenters. The van der Waals surface area contributed by atoms with Gasteiger partial charge < -0.3 is 14.6 Å². The summed E-state index contributed by atoms with van der Waals surface area (Å²) in [5.41, 5.74) is 2.24. The second-order valence-corrected chi connectivity index (χ2v) is 4.35. The van der Waals surface area contributed by atoms with Crippen LogP contribution in [-0.2, 0) is 4.74 Å². The molecule has 0 radical (unpaired) electrons. The van der Waals surface area contributed by atoms with Crippen LogP contribution in [0.2, 0.25) is 0 Å². The molecule has 5 heteroatoms. The fourth-order valence-corrected chi connectivity index (χ4v) is 2.12. The van der Waals surface area contributed by atoms with Crippen LogP contribution in [-0.4, -0.2) is 36.4 Å². The molecule has 1 fully saturated rings. The second-order valence-electron chi connectivity index (χ2n) is 4.35. The Bertz CT molecular complexity index is 473. The van der Waals surface area contributed by atoms with Crippen molar-refractivity contribution >= 4 is 0 Å². The molecule has 0 amide bonds. The monoisotopic (exact) mass is 245 g/mol. The largest absolute Gasteiger partial charge is 0.379 e. The van der Waals surface area contributed by atoms with Crippen LogP contribution in [0.15, 0.2) is 35.2 Å². The van der Waals surface area contributed by atoms with E-state index >= 15 is 0 Å². The average molecular weight is 245 g/mol. The minimum atomic E-state index is 0.409. The van der Waals surface area contributed by atoms with Crippen LogP contribution in [0.3, 0.4) is 0 Å². The van der Waals surface area contributed by atoms with Gasteiger partial charge in [-0.2, -0.15) is 4.98 Å². The molecule has 0 spiro atoms. The van der Waals surface area contributed by atoms with Crippen LogP contribution in [0.1, 0.15) is 11.5 Å². The molecule has 1 unspecified atom stereocenters. The molecule has 3 rings (SSSR count). The van der Waals surface area contributed by atoms with E-state index in [9.17, 15) is 0 Å². The van der Waals surface area contributed by atoms with Gasteiger partial charge in [0, 0.05) is 24.6 Å². The van der Waals surface area contributed by atoms with Gasteiger partial charge in [-0.25, -0.2) is 0 Å². The van der Waals surface area contributed by atoms with Crippen molar-refractivity contribution in [3.05, 3.63) is 36.2 Å². The molecule has 1 aromatic carbocycles. The van der Waals surface area contributed by atoms with Gasteiger partial charge in [-0.1, -0.05) is 29.4 Å². The maximum Gasteiger partial charge on any atom is 0.214 e. The van der Waals surface area contributed by atoms with Crippen molar-refractivity contribution in [1.29, 1.82) is 0 Å². The molecular formula is C13H15N3O2. The molecule has 1 N–H and O–H groups in total. The Morgan fingerprint density at radius 1 is 1.22 bits per heavy atom. The Balaban J connectivity index is 1.78. The summed E-state index contributed by atoms with van der Waals surface area (Å²) < 4.78 is 10.3. The van der Waals surface area contributed by atoms with E-state index in [1.54, 1.807) is 0 Å². The van der Waals surface area contributed by atoms with E-state index < -0.39 is 0 Å². The van der Waals surface area contributed by atoms with Crippen LogP contribution < -0.4 is 5.32 Å². The van der Waals surface area contributed by atoms with E-state index in [-0.39, 0.29) is 0 Å². The number of hydrogen-bond donors (Lipinski definition) is 1. The Morgan fingerprint density at radius 3 is 2.89 bits per heavy atom. The maximum absolute atomic E-state index is 5.56. The number of nitrogens with zero attached hydrogens (tertiary/aromatic N) is 2. The third-order valence-corrected chi connectivity index (χ3v) is 3.13. The zero-order valence-corrected chi connectivity index (χ0v) is 10.0. The summed E-state index contributed by atoms with van der Waals surface area (Å²) in [7, 11) is 0. The van der Waals surface area contributed by atoms with E-state index in [0.717, 1.165) is 31.9 Å². The summed E-state index contributed by atoms with van der Waals surface area (Å²) >= 11 is 0. The van der Waals surface area contributed by atoms with Crippen molar-refractivity contribution in [1.82, 2.24) is 15.5 Å². The summed E-state index contributed by atoms with van der Waals surface area (Å²) in [6.07, 6.45) is 1.34. The van der Waals surface area contributed by atoms with Gasteiger partial charge in [0.2, 0.25) is 12.2 Å². The highest BCUT2D eigenvalue weighted by molar-refractivity contribution is 5.54. The lowest BCUT2D eigenvalue weighted by atomic mass is 9.98. The number of aromatic nitrogens is 2. The van der Waals surface area contributed by atoms with Crippen LogP contribution >= 0.6 is 0 Å². The zero-order valence-electron chi connectivity index (χ0n) is 10.0. The predicted molar refractivity (Wildman–Crippen MR) is 66.2 cm³/mol.